The largest absolute Gasteiger partial charge is 0.358 e. The predicted molar refractivity (Wildman–Crippen MR) is 123 cm³/mol. The maximum atomic E-state index is 13.6. The summed E-state index contributed by atoms with van der Waals surface area (Å²) in [6.45, 7) is 5.91. The van der Waals surface area contributed by atoms with Crippen molar-refractivity contribution in [2.75, 3.05) is 0 Å². The van der Waals surface area contributed by atoms with Crippen LogP contribution in [-0.4, -0.2) is 16.6 Å². The molecule has 1 unspecified atom stereocenters. The highest BCUT2D eigenvalue weighted by Gasteiger charge is 2.62. The molecule has 154 valence electrons. The van der Waals surface area contributed by atoms with Crippen molar-refractivity contribution >= 4 is 22.5 Å². The van der Waals surface area contributed by atoms with Gasteiger partial charge in [0, 0.05) is 22.5 Å². The first-order valence-corrected chi connectivity index (χ1v) is 10.7. The third-order valence-electron chi connectivity index (χ3n) is 6.96. The van der Waals surface area contributed by atoms with Crippen LogP contribution in [0.1, 0.15) is 40.8 Å². The van der Waals surface area contributed by atoms with Gasteiger partial charge in [0.2, 0.25) is 0 Å². The first kappa shape index (κ1) is 19.5. The summed E-state index contributed by atoms with van der Waals surface area (Å²) in [7, 11) is 0. The lowest BCUT2D eigenvalue weighted by Gasteiger charge is -2.45. The Morgan fingerprint density at radius 1 is 0.839 bits per heavy atom. The smallest absolute Gasteiger partial charge is 0.162 e. The first-order chi connectivity index (χ1) is 14.9. The normalized spacial score (nSPS) is 21.8. The summed E-state index contributed by atoms with van der Waals surface area (Å²) in [6.07, 6.45) is 0. The second-order valence-electron chi connectivity index (χ2n) is 8.80. The summed E-state index contributed by atoms with van der Waals surface area (Å²) in [4.78, 5) is 30.8. The molecule has 4 aromatic rings. The van der Waals surface area contributed by atoms with E-state index in [1.807, 2.05) is 60.7 Å². The van der Waals surface area contributed by atoms with E-state index in [0.717, 1.165) is 33.3 Å². The fourth-order valence-corrected chi connectivity index (χ4v) is 5.11. The van der Waals surface area contributed by atoms with E-state index in [0.29, 0.717) is 0 Å². The van der Waals surface area contributed by atoms with Crippen molar-refractivity contribution in [3.8, 4) is 0 Å². The zero-order chi connectivity index (χ0) is 21.8. The Kier molecular flexibility index (Phi) is 4.44. The lowest BCUT2D eigenvalue weighted by Crippen LogP contribution is -2.62. The van der Waals surface area contributed by atoms with Gasteiger partial charge >= 0.3 is 0 Å². The Morgan fingerprint density at radius 2 is 1.45 bits per heavy atom. The third kappa shape index (κ3) is 2.80. The van der Waals surface area contributed by atoms with Crippen molar-refractivity contribution in [1.82, 2.24) is 4.98 Å². The van der Waals surface area contributed by atoms with Gasteiger partial charge in [-0.3, -0.25) is 9.59 Å². The second kappa shape index (κ2) is 7.05. The molecule has 1 heterocycles. The lowest BCUT2D eigenvalue weighted by atomic mass is 9.53. The maximum absolute atomic E-state index is 13.6. The zero-order valence-corrected chi connectivity index (χ0v) is 18.0. The second-order valence-corrected chi connectivity index (χ2v) is 8.80. The molecule has 5 rings (SSSR count). The van der Waals surface area contributed by atoms with Crippen LogP contribution in [0, 0.1) is 19.8 Å². The molecule has 1 N–H and O–H groups in total. The van der Waals surface area contributed by atoms with E-state index in [-0.39, 0.29) is 17.5 Å². The monoisotopic (exact) mass is 407 g/mol. The first-order valence-electron chi connectivity index (χ1n) is 10.7. The van der Waals surface area contributed by atoms with Crippen molar-refractivity contribution in [2.45, 2.75) is 32.1 Å². The Hall–Kier alpha value is -3.46. The van der Waals surface area contributed by atoms with Crippen molar-refractivity contribution < 1.29 is 9.59 Å². The molecule has 1 fully saturated rings. The highest BCUT2D eigenvalue weighted by atomic mass is 16.2. The molecule has 3 heteroatoms. The molecule has 0 spiro atoms. The number of Topliss-reactive ketones (excluding diaryl/α,β-unsaturated/α-hetero) is 2. The van der Waals surface area contributed by atoms with Gasteiger partial charge in [-0.2, -0.15) is 0 Å². The number of carbonyl (C=O) groups is 2. The van der Waals surface area contributed by atoms with Crippen LogP contribution in [0.5, 0.6) is 0 Å². The van der Waals surface area contributed by atoms with E-state index < -0.39 is 11.3 Å². The minimum atomic E-state index is -1.07. The van der Waals surface area contributed by atoms with Crippen LogP contribution in [0.4, 0.5) is 0 Å². The number of carbonyl (C=O) groups excluding carboxylic acids is 2. The van der Waals surface area contributed by atoms with Gasteiger partial charge in [-0.25, -0.2) is 0 Å². The predicted octanol–water partition coefficient (Wildman–Crippen LogP) is 5.64. The zero-order valence-electron chi connectivity index (χ0n) is 18.0. The molecule has 1 aliphatic carbocycles. The van der Waals surface area contributed by atoms with Gasteiger partial charge in [0.15, 0.2) is 11.6 Å². The number of fused-ring (bicyclic) bond motifs is 1. The number of nitrogens with one attached hydrogen (secondary N) is 1. The van der Waals surface area contributed by atoms with Gasteiger partial charge in [0.25, 0.3) is 0 Å². The number of aromatic nitrogens is 1. The molecule has 1 saturated carbocycles. The van der Waals surface area contributed by atoms with Crippen LogP contribution >= 0.6 is 0 Å². The summed E-state index contributed by atoms with van der Waals surface area (Å²) in [5.74, 6) is -1.04. The average Bonchev–Trinajstić information content (AvgIpc) is 3.12. The van der Waals surface area contributed by atoms with Gasteiger partial charge in [0.1, 0.15) is 5.41 Å². The molecule has 3 aromatic carbocycles. The minimum Gasteiger partial charge on any atom is -0.358 e. The molecule has 31 heavy (non-hydrogen) atoms. The Balaban J connectivity index is 1.65. The summed E-state index contributed by atoms with van der Waals surface area (Å²) in [5.41, 5.74) is 4.94. The highest BCUT2D eigenvalue weighted by molar-refractivity contribution is 6.32. The summed E-state index contributed by atoms with van der Waals surface area (Å²) < 4.78 is 0. The Morgan fingerprint density at radius 3 is 2.10 bits per heavy atom. The van der Waals surface area contributed by atoms with Crippen molar-refractivity contribution in [3.63, 3.8) is 0 Å². The van der Waals surface area contributed by atoms with Gasteiger partial charge in [-0.05, 0) is 49.1 Å². The molecule has 3 nitrogen and oxygen atoms in total. The molecule has 1 aromatic heterocycles. The van der Waals surface area contributed by atoms with E-state index in [1.165, 1.54) is 5.56 Å². The summed E-state index contributed by atoms with van der Waals surface area (Å²) in [5, 5.41) is 1.13. The number of aryl methyl sites for hydroxylation is 2. The highest BCUT2D eigenvalue weighted by Crippen LogP contribution is 2.49. The topological polar surface area (TPSA) is 49.9 Å². The number of ketones is 2. The summed E-state index contributed by atoms with van der Waals surface area (Å²) in [6, 6.07) is 25.7. The Labute approximate surface area is 182 Å². The SMILES string of the molecule is Cc1ccc2c(C)c(C(c3ccccc3)C3C(=O)C(C)(c4ccccc4)C3=O)[nH]c2c1. The fraction of sp³-hybridized carbons (Fsp3) is 0.214. The number of hydrogen-bond acceptors (Lipinski definition) is 2. The maximum Gasteiger partial charge on any atom is 0.162 e. The van der Waals surface area contributed by atoms with Crippen LogP contribution in [0.15, 0.2) is 78.9 Å². The number of rotatable bonds is 4. The van der Waals surface area contributed by atoms with Gasteiger partial charge in [-0.15, -0.1) is 0 Å². The molecule has 0 radical (unpaired) electrons. The minimum absolute atomic E-state index is 0.00760. The van der Waals surface area contributed by atoms with Crippen molar-refractivity contribution in [2.24, 2.45) is 5.92 Å². The van der Waals surface area contributed by atoms with Crippen LogP contribution in [0.25, 0.3) is 10.9 Å². The van der Waals surface area contributed by atoms with E-state index in [9.17, 15) is 9.59 Å². The standard InChI is InChI=1S/C28H25NO2/c1-17-14-15-21-18(2)25(29-22(21)16-17)23(19-10-6-4-7-11-19)24-26(30)28(3,27(24)31)20-12-8-5-9-13-20/h4-16,23-24,29H,1-3H3. The third-order valence-corrected chi connectivity index (χ3v) is 6.96. The lowest BCUT2D eigenvalue weighted by molar-refractivity contribution is -0.153. The number of aromatic amines is 1. The molecule has 1 atom stereocenters. The van der Waals surface area contributed by atoms with Crippen molar-refractivity contribution in [3.05, 3.63) is 107 Å². The molecule has 0 amide bonds. The molecular formula is C28H25NO2. The average molecular weight is 408 g/mol. The molecular weight excluding hydrogens is 382 g/mol. The van der Waals surface area contributed by atoms with E-state index >= 15 is 0 Å². The summed E-state index contributed by atoms with van der Waals surface area (Å²) >= 11 is 0. The molecule has 0 bridgehead atoms. The van der Waals surface area contributed by atoms with Gasteiger partial charge in [-0.1, -0.05) is 72.8 Å². The van der Waals surface area contributed by atoms with Gasteiger partial charge < -0.3 is 4.98 Å². The van der Waals surface area contributed by atoms with E-state index in [4.69, 9.17) is 0 Å². The van der Waals surface area contributed by atoms with Crippen LogP contribution in [0.3, 0.4) is 0 Å². The Bertz CT molecular complexity index is 1290. The van der Waals surface area contributed by atoms with Crippen molar-refractivity contribution in [1.29, 1.82) is 0 Å². The fourth-order valence-electron chi connectivity index (χ4n) is 5.11. The molecule has 0 saturated heterocycles. The number of benzene rings is 3. The van der Waals surface area contributed by atoms with Gasteiger partial charge in [0.05, 0.1) is 5.92 Å². The van der Waals surface area contributed by atoms with E-state index in [2.05, 4.69) is 37.0 Å². The van der Waals surface area contributed by atoms with Crippen LogP contribution in [-0.2, 0) is 15.0 Å². The number of hydrogen-bond donors (Lipinski definition) is 1. The van der Waals surface area contributed by atoms with Crippen LogP contribution in [0.2, 0.25) is 0 Å². The number of H-pyrrole nitrogens is 1. The molecule has 1 aliphatic rings. The van der Waals surface area contributed by atoms with E-state index in [1.54, 1.807) is 6.92 Å². The quantitative estimate of drug-likeness (QED) is 0.445. The van der Waals surface area contributed by atoms with Crippen LogP contribution < -0.4 is 0 Å². The molecule has 0 aliphatic heterocycles.